The maximum atomic E-state index is 17.7. The van der Waals surface area contributed by atoms with Crippen LogP contribution in [0.4, 0.5) is 15.9 Å². The van der Waals surface area contributed by atoms with E-state index in [9.17, 15) is 43.8 Å². The first-order chi connectivity index (χ1) is 30.8. The Balaban J connectivity index is 0.835. The molecule has 6 aliphatic rings. The fraction of sp³-hybridized carbons (Fsp3) is 0.489. The molecule has 3 heterocycles. The number of fused-ring (bicyclic) bond motifs is 7. The molecule has 1 aromatic heterocycles. The SMILES string of the molecule is C[C@H](NC(=O)CCN1C(=O)C=CC1=O)C(=O)N[C@@H](C)C(=O)Nc1ccc(CNc2ccc(C3O[C@@H]4C[C@H]5[C@@H]6CCC7=CC(=O)C=C[C@]7(C)[C@@]6(F)[C@@H](O)C[C@]5(C)[C@]4(C(=O)CO)O3)cn2)cc1. The lowest BCUT2D eigenvalue weighted by Crippen LogP contribution is -2.69. The van der Waals surface area contributed by atoms with Crippen molar-refractivity contribution in [1.82, 2.24) is 20.5 Å². The van der Waals surface area contributed by atoms with Gasteiger partial charge >= 0.3 is 0 Å². The summed E-state index contributed by atoms with van der Waals surface area (Å²) in [7, 11) is 0. The number of amides is 5. The topological polar surface area (TPSA) is 243 Å². The lowest BCUT2D eigenvalue weighted by Gasteiger charge is -2.62. The number of aliphatic hydroxyl groups excluding tert-OH is 2. The molecule has 1 saturated heterocycles. The lowest BCUT2D eigenvalue weighted by atomic mass is 9.44. The molecule has 4 aliphatic carbocycles. The molecule has 2 aromatic rings. The van der Waals surface area contributed by atoms with Crippen molar-refractivity contribution in [2.75, 3.05) is 23.8 Å². The summed E-state index contributed by atoms with van der Waals surface area (Å²) < 4.78 is 30.8. The number of allylic oxidation sites excluding steroid dienone is 4. The van der Waals surface area contributed by atoms with Gasteiger partial charge in [0.2, 0.25) is 17.7 Å². The molecule has 18 heteroatoms. The third kappa shape index (κ3) is 7.68. The van der Waals surface area contributed by atoms with Crippen LogP contribution in [0.15, 0.2) is 78.5 Å². The minimum Gasteiger partial charge on any atom is -0.390 e. The zero-order chi connectivity index (χ0) is 46.6. The number of Topliss-reactive ketones (excluding diaryl/α,β-unsaturated/α-hetero) is 1. The highest BCUT2D eigenvalue weighted by atomic mass is 19.1. The van der Waals surface area contributed by atoms with E-state index in [1.807, 2.05) is 6.92 Å². The van der Waals surface area contributed by atoms with Gasteiger partial charge in [0.25, 0.3) is 11.8 Å². The average molecular weight is 897 g/mol. The van der Waals surface area contributed by atoms with Crippen LogP contribution in [-0.2, 0) is 49.6 Å². The van der Waals surface area contributed by atoms with Crippen molar-refractivity contribution in [2.45, 2.75) is 108 Å². The van der Waals surface area contributed by atoms with E-state index in [0.717, 1.165) is 22.6 Å². The van der Waals surface area contributed by atoms with Gasteiger partial charge in [-0.05, 0) is 94.4 Å². The maximum absolute atomic E-state index is 17.7. The van der Waals surface area contributed by atoms with Gasteiger partial charge in [0.15, 0.2) is 29.1 Å². The molecule has 4 fully saturated rings. The minimum atomic E-state index is -2.10. The minimum absolute atomic E-state index is 0.113. The fourth-order valence-corrected chi connectivity index (χ4v) is 11.2. The van der Waals surface area contributed by atoms with Crippen molar-refractivity contribution in [3.8, 4) is 0 Å². The Kier molecular flexibility index (Phi) is 12.0. The molecule has 0 bridgehead atoms. The van der Waals surface area contributed by atoms with Crippen LogP contribution in [0.25, 0.3) is 0 Å². The molecule has 6 N–H and O–H groups in total. The summed E-state index contributed by atoms with van der Waals surface area (Å²) in [5.41, 5.74) is -3.51. The summed E-state index contributed by atoms with van der Waals surface area (Å²) in [6.07, 6.45) is 5.72. The zero-order valence-electron chi connectivity index (χ0n) is 36.5. The van der Waals surface area contributed by atoms with Gasteiger partial charge in [-0.25, -0.2) is 9.37 Å². The monoisotopic (exact) mass is 896 g/mol. The Morgan fingerprint density at radius 1 is 0.954 bits per heavy atom. The number of nitrogens with zero attached hydrogens (tertiary/aromatic N) is 2. The molecule has 8 rings (SSSR count). The number of halogens is 1. The van der Waals surface area contributed by atoms with Gasteiger partial charge in [-0.3, -0.25) is 38.5 Å². The van der Waals surface area contributed by atoms with Crippen molar-refractivity contribution in [2.24, 2.45) is 22.7 Å². The molecule has 0 spiro atoms. The number of anilines is 2. The molecule has 5 amide bonds. The van der Waals surface area contributed by atoms with E-state index in [2.05, 4.69) is 26.3 Å². The summed E-state index contributed by atoms with van der Waals surface area (Å²) >= 11 is 0. The largest absolute Gasteiger partial charge is 0.390 e. The zero-order valence-corrected chi connectivity index (χ0v) is 36.5. The number of imide groups is 1. The number of aromatic nitrogens is 1. The van der Waals surface area contributed by atoms with Crippen molar-refractivity contribution < 1.29 is 57.6 Å². The van der Waals surface area contributed by atoms with Gasteiger partial charge in [0.05, 0.1) is 12.2 Å². The predicted molar refractivity (Wildman–Crippen MR) is 230 cm³/mol. The molecule has 2 aliphatic heterocycles. The van der Waals surface area contributed by atoms with Crippen LogP contribution in [0.1, 0.15) is 77.2 Å². The second-order valence-corrected chi connectivity index (χ2v) is 18.3. The number of hydrogen-bond donors (Lipinski definition) is 6. The van der Waals surface area contributed by atoms with Crippen LogP contribution in [0.2, 0.25) is 0 Å². The van der Waals surface area contributed by atoms with Gasteiger partial charge in [0, 0.05) is 65.9 Å². The number of nitrogens with one attached hydrogen (secondary N) is 4. The van der Waals surface area contributed by atoms with Crippen LogP contribution in [0, 0.1) is 22.7 Å². The number of carbonyl (C=O) groups excluding carboxylic acids is 7. The summed E-state index contributed by atoms with van der Waals surface area (Å²) in [6, 6.07) is 8.54. The number of rotatable bonds is 14. The summed E-state index contributed by atoms with van der Waals surface area (Å²) in [5.74, 6) is -4.02. The quantitative estimate of drug-likeness (QED) is 0.150. The van der Waals surface area contributed by atoms with Gasteiger partial charge in [-0.15, -0.1) is 0 Å². The average Bonchev–Trinajstić information content (AvgIpc) is 3.91. The van der Waals surface area contributed by atoms with E-state index >= 15 is 4.39 Å². The van der Waals surface area contributed by atoms with E-state index < -0.39 is 106 Å². The normalized spacial score (nSPS) is 33.0. The molecular weight excluding hydrogens is 844 g/mol. The Labute approximate surface area is 374 Å². The first kappa shape index (κ1) is 45.6. The lowest BCUT2D eigenvalue weighted by molar-refractivity contribution is -0.231. The van der Waals surface area contributed by atoms with Crippen molar-refractivity contribution >= 4 is 52.6 Å². The first-order valence-corrected chi connectivity index (χ1v) is 21.9. The maximum Gasteiger partial charge on any atom is 0.253 e. The number of ether oxygens (including phenoxy) is 2. The molecule has 0 radical (unpaired) electrons. The number of alkyl halides is 1. The summed E-state index contributed by atoms with van der Waals surface area (Å²) in [6.45, 7) is 5.93. The van der Waals surface area contributed by atoms with Crippen LogP contribution >= 0.6 is 0 Å². The number of benzene rings is 1. The number of carbonyl (C=O) groups is 7. The molecule has 17 nitrogen and oxygen atoms in total. The molecule has 344 valence electrons. The third-order valence-corrected chi connectivity index (χ3v) is 14.7. The van der Waals surface area contributed by atoms with E-state index in [0.29, 0.717) is 42.0 Å². The molecule has 65 heavy (non-hydrogen) atoms. The van der Waals surface area contributed by atoms with Crippen LogP contribution in [0.5, 0.6) is 0 Å². The smallest absolute Gasteiger partial charge is 0.253 e. The highest BCUT2D eigenvalue weighted by Crippen LogP contribution is 2.72. The Bertz CT molecular complexity index is 2390. The predicted octanol–water partition coefficient (Wildman–Crippen LogP) is 2.65. The summed E-state index contributed by atoms with van der Waals surface area (Å²) in [5, 5.41) is 33.1. The van der Waals surface area contributed by atoms with Gasteiger partial charge < -0.3 is 41.0 Å². The highest BCUT2D eigenvalue weighted by molar-refractivity contribution is 6.13. The second-order valence-electron chi connectivity index (χ2n) is 18.3. The molecular formula is C47H53FN6O11. The summed E-state index contributed by atoms with van der Waals surface area (Å²) in [4.78, 5) is 92.8. The van der Waals surface area contributed by atoms with Crippen molar-refractivity contribution in [3.05, 3.63) is 89.7 Å². The van der Waals surface area contributed by atoms with E-state index in [-0.39, 0.29) is 31.6 Å². The third-order valence-electron chi connectivity index (χ3n) is 14.7. The molecule has 1 aromatic carbocycles. The fourth-order valence-electron chi connectivity index (χ4n) is 11.2. The number of ketones is 2. The highest BCUT2D eigenvalue weighted by Gasteiger charge is 2.79. The Morgan fingerprint density at radius 2 is 1.66 bits per heavy atom. The molecule has 1 unspecified atom stereocenters. The van der Waals surface area contributed by atoms with Gasteiger partial charge in [-0.2, -0.15) is 0 Å². The van der Waals surface area contributed by atoms with Gasteiger partial charge in [-0.1, -0.05) is 30.7 Å². The Morgan fingerprint density at radius 3 is 2.34 bits per heavy atom. The van der Waals surface area contributed by atoms with Gasteiger partial charge in [0.1, 0.15) is 24.5 Å². The van der Waals surface area contributed by atoms with E-state index in [4.69, 9.17) is 9.47 Å². The molecule has 11 atom stereocenters. The van der Waals surface area contributed by atoms with Crippen molar-refractivity contribution in [3.63, 3.8) is 0 Å². The van der Waals surface area contributed by atoms with E-state index in [1.165, 1.54) is 26.0 Å². The van der Waals surface area contributed by atoms with Crippen molar-refractivity contribution in [1.29, 1.82) is 0 Å². The number of hydrogen-bond acceptors (Lipinski definition) is 13. The van der Waals surface area contributed by atoms with Crippen LogP contribution in [0.3, 0.4) is 0 Å². The second kappa shape index (κ2) is 17.1. The number of aliphatic hydroxyl groups is 2. The standard InChI is InChI=1S/C47H53FN6O11/c1-25(51-38(59)16-18-54-39(60)13-14-40(54)61)41(62)52-26(2)42(63)53-30-9-5-27(6-10-30)22-49-37-12-7-28(23-50-37)43-64-36-20-33-32-11-8-29-19-31(56)15-17-44(29,3)46(32,48)34(57)21-45(33,4)47(36,65-43)35(58)24-55/h5-7,9-10,12-15,17,19,23,25-26,32-34,36,43,55,57H,8,11,16,18,20-22,24H2,1-4H3,(H,49,50)(H,51,59)(H,52,62)(H,53,63)/t25-,26-,32-,33-,34-,36+,43?,44-,45-,46-,47+/m0/s1. The van der Waals surface area contributed by atoms with E-state index in [1.54, 1.807) is 55.6 Å². The van der Waals surface area contributed by atoms with Crippen LogP contribution < -0.4 is 21.3 Å². The molecule has 3 saturated carbocycles. The number of pyridine rings is 1. The van der Waals surface area contributed by atoms with Crippen LogP contribution in [-0.4, -0.2) is 110 Å². The first-order valence-electron chi connectivity index (χ1n) is 21.9. The Hall–Kier alpha value is -5.95.